The number of nitriles is 1. The smallest absolute Gasteiger partial charge is 0.269 e. The van der Waals surface area contributed by atoms with Gasteiger partial charge in [-0.1, -0.05) is 12.1 Å². The predicted molar refractivity (Wildman–Crippen MR) is 76.3 cm³/mol. The van der Waals surface area contributed by atoms with Crippen LogP contribution in [0.15, 0.2) is 48.5 Å². The van der Waals surface area contributed by atoms with Crippen LogP contribution in [0.25, 0.3) is 0 Å². The Bertz CT molecular complexity index is 660. The lowest BCUT2D eigenvalue weighted by Gasteiger charge is -2.15. The summed E-state index contributed by atoms with van der Waals surface area (Å²) < 4.78 is 0. The van der Waals surface area contributed by atoms with E-state index in [0.717, 1.165) is 11.3 Å². The lowest BCUT2D eigenvalue weighted by Crippen LogP contribution is -2.06. The molecule has 1 unspecified atom stereocenters. The van der Waals surface area contributed by atoms with Crippen molar-refractivity contribution in [2.75, 3.05) is 5.32 Å². The van der Waals surface area contributed by atoms with Gasteiger partial charge < -0.3 is 5.32 Å². The molecule has 0 aromatic heterocycles. The second kappa shape index (κ2) is 5.85. The van der Waals surface area contributed by atoms with E-state index in [0.29, 0.717) is 5.56 Å². The highest BCUT2D eigenvalue weighted by atomic mass is 16.6. The summed E-state index contributed by atoms with van der Waals surface area (Å²) in [6.45, 7) is 1.93. The van der Waals surface area contributed by atoms with Gasteiger partial charge in [-0.25, -0.2) is 0 Å². The van der Waals surface area contributed by atoms with Crippen molar-refractivity contribution in [2.24, 2.45) is 0 Å². The molecule has 0 amide bonds. The fraction of sp³-hybridized carbons (Fsp3) is 0.133. The lowest BCUT2D eigenvalue weighted by molar-refractivity contribution is -0.384. The van der Waals surface area contributed by atoms with Gasteiger partial charge in [-0.2, -0.15) is 5.26 Å². The number of nitro groups is 1. The molecule has 2 aromatic carbocycles. The SMILES string of the molecule is CC(Nc1ccc(C#N)cc1)c1cccc([N+](=O)[O-])c1. The Kier molecular flexibility index (Phi) is 3.96. The molecule has 2 rings (SSSR count). The quantitative estimate of drug-likeness (QED) is 0.677. The van der Waals surface area contributed by atoms with Crippen molar-refractivity contribution in [3.63, 3.8) is 0 Å². The van der Waals surface area contributed by atoms with Crippen molar-refractivity contribution in [1.29, 1.82) is 5.26 Å². The maximum Gasteiger partial charge on any atom is 0.269 e. The van der Waals surface area contributed by atoms with Crippen LogP contribution in [0.2, 0.25) is 0 Å². The lowest BCUT2D eigenvalue weighted by atomic mass is 10.1. The van der Waals surface area contributed by atoms with Crippen molar-refractivity contribution < 1.29 is 4.92 Å². The zero-order valence-electron chi connectivity index (χ0n) is 10.9. The zero-order valence-corrected chi connectivity index (χ0v) is 10.9. The summed E-state index contributed by atoms with van der Waals surface area (Å²) in [7, 11) is 0. The minimum Gasteiger partial charge on any atom is -0.379 e. The number of anilines is 1. The first-order chi connectivity index (χ1) is 9.60. The molecule has 1 N–H and O–H groups in total. The van der Waals surface area contributed by atoms with Gasteiger partial charge in [-0.15, -0.1) is 0 Å². The van der Waals surface area contributed by atoms with Crippen molar-refractivity contribution in [2.45, 2.75) is 13.0 Å². The molecule has 5 nitrogen and oxygen atoms in total. The van der Waals surface area contributed by atoms with E-state index < -0.39 is 4.92 Å². The highest BCUT2D eigenvalue weighted by Gasteiger charge is 2.10. The Balaban J connectivity index is 2.15. The molecule has 0 aliphatic carbocycles. The van der Waals surface area contributed by atoms with Gasteiger partial charge in [-0.05, 0) is 36.8 Å². The zero-order chi connectivity index (χ0) is 14.5. The molecule has 0 spiro atoms. The highest BCUT2D eigenvalue weighted by molar-refractivity contribution is 5.49. The third kappa shape index (κ3) is 3.12. The van der Waals surface area contributed by atoms with Gasteiger partial charge >= 0.3 is 0 Å². The van der Waals surface area contributed by atoms with Crippen LogP contribution in [-0.2, 0) is 0 Å². The minimum absolute atomic E-state index is 0.0668. The summed E-state index contributed by atoms with van der Waals surface area (Å²) in [6.07, 6.45) is 0. The largest absolute Gasteiger partial charge is 0.379 e. The predicted octanol–water partition coefficient (Wildman–Crippen LogP) is 3.64. The molecule has 5 heteroatoms. The van der Waals surface area contributed by atoms with E-state index >= 15 is 0 Å². The Labute approximate surface area is 116 Å². The standard InChI is InChI=1S/C15H13N3O2/c1-11(13-3-2-4-15(9-13)18(19)20)17-14-7-5-12(10-16)6-8-14/h2-9,11,17H,1H3. The first kappa shape index (κ1) is 13.6. The van der Waals surface area contributed by atoms with Crippen LogP contribution in [0, 0.1) is 21.4 Å². The molecular formula is C15H13N3O2. The van der Waals surface area contributed by atoms with Crippen LogP contribution in [0.3, 0.4) is 0 Å². The van der Waals surface area contributed by atoms with Gasteiger partial charge in [0.05, 0.1) is 16.6 Å². The Morgan fingerprint density at radius 2 is 1.95 bits per heavy atom. The molecular weight excluding hydrogens is 254 g/mol. The van der Waals surface area contributed by atoms with Crippen molar-refractivity contribution in [3.8, 4) is 6.07 Å². The van der Waals surface area contributed by atoms with Crippen LogP contribution in [0.5, 0.6) is 0 Å². The van der Waals surface area contributed by atoms with Gasteiger partial charge in [0.25, 0.3) is 5.69 Å². The molecule has 0 fully saturated rings. The van der Waals surface area contributed by atoms with Crippen LogP contribution in [-0.4, -0.2) is 4.92 Å². The van der Waals surface area contributed by atoms with E-state index in [2.05, 4.69) is 11.4 Å². The second-order valence-corrected chi connectivity index (χ2v) is 4.41. The van der Waals surface area contributed by atoms with Gasteiger partial charge in [0.1, 0.15) is 0 Å². The number of nitro benzene ring substituents is 1. The number of non-ortho nitro benzene ring substituents is 1. The number of benzene rings is 2. The topological polar surface area (TPSA) is 79.0 Å². The fourth-order valence-corrected chi connectivity index (χ4v) is 1.88. The summed E-state index contributed by atoms with van der Waals surface area (Å²) in [5, 5.41) is 22.7. The molecule has 0 saturated carbocycles. The van der Waals surface area contributed by atoms with Gasteiger partial charge in [0.15, 0.2) is 0 Å². The minimum atomic E-state index is -0.405. The summed E-state index contributed by atoms with van der Waals surface area (Å²) in [6, 6.07) is 15.6. The van der Waals surface area contributed by atoms with Crippen molar-refractivity contribution in [1.82, 2.24) is 0 Å². The molecule has 2 aromatic rings. The van der Waals surface area contributed by atoms with Crippen LogP contribution in [0.1, 0.15) is 24.1 Å². The monoisotopic (exact) mass is 267 g/mol. The summed E-state index contributed by atoms with van der Waals surface area (Å²) >= 11 is 0. The van der Waals surface area contributed by atoms with Crippen LogP contribution >= 0.6 is 0 Å². The summed E-state index contributed by atoms with van der Waals surface area (Å²) in [5.41, 5.74) is 2.38. The maximum atomic E-state index is 10.8. The first-order valence-corrected chi connectivity index (χ1v) is 6.11. The maximum absolute atomic E-state index is 10.8. The first-order valence-electron chi connectivity index (χ1n) is 6.11. The molecule has 0 aliphatic heterocycles. The molecule has 0 bridgehead atoms. The van der Waals surface area contributed by atoms with E-state index in [1.54, 1.807) is 24.3 Å². The third-order valence-electron chi connectivity index (χ3n) is 2.98. The van der Waals surface area contributed by atoms with E-state index in [-0.39, 0.29) is 11.7 Å². The molecule has 0 saturated heterocycles. The van der Waals surface area contributed by atoms with Gasteiger partial charge in [-0.3, -0.25) is 10.1 Å². The van der Waals surface area contributed by atoms with Crippen molar-refractivity contribution in [3.05, 3.63) is 69.8 Å². The number of hydrogen-bond donors (Lipinski definition) is 1. The van der Waals surface area contributed by atoms with Crippen molar-refractivity contribution >= 4 is 11.4 Å². The normalized spacial score (nSPS) is 11.4. The van der Waals surface area contributed by atoms with Gasteiger partial charge in [0.2, 0.25) is 0 Å². The third-order valence-corrected chi connectivity index (χ3v) is 2.98. The number of rotatable bonds is 4. The fourth-order valence-electron chi connectivity index (χ4n) is 1.88. The van der Waals surface area contributed by atoms with Crippen LogP contribution in [0.4, 0.5) is 11.4 Å². The Hall–Kier alpha value is -2.87. The highest BCUT2D eigenvalue weighted by Crippen LogP contribution is 2.22. The Morgan fingerprint density at radius 3 is 2.55 bits per heavy atom. The van der Waals surface area contributed by atoms with E-state index in [9.17, 15) is 10.1 Å². The number of hydrogen-bond acceptors (Lipinski definition) is 4. The summed E-state index contributed by atoms with van der Waals surface area (Å²) in [4.78, 5) is 10.4. The molecule has 0 radical (unpaired) electrons. The average Bonchev–Trinajstić information content (AvgIpc) is 2.48. The average molecular weight is 267 g/mol. The molecule has 1 atom stereocenters. The number of nitrogens with zero attached hydrogens (tertiary/aromatic N) is 2. The van der Waals surface area contributed by atoms with E-state index in [1.807, 2.05) is 25.1 Å². The number of nitrogens with one attached hydrogen (secondary N) is 1. The summed E-state index contributed by atoms with van der Waals surface area (Å²) in [5.74, 6) is 0. The second-order valence-electron chi connectivity index (χ2n) is 4.41. The molecule has 0 aliphatic rings. The van der Waals surface area contributed by atoms with E-state index in [1.165, 1.54) is 6.07 Å². The van der Waals surface area contributed by atoms with Gasteiger partial charge in [0, 0.05) is 23.9 Å². The molecule has 100 valence electrons. The van der Waals surface area contributed by atoms with Crippen LogP contribution < -0.4 is 5.32 Å². The van der Waals surface area contributed by atoms with E-state index in [4.69, 9.17) is 5.26 Å². The Morgan fingerprint density at radius 1 is 1.25 bits per heavy atom. The molecule has 0 heterocycles. The molecule has 20 heavy (non-hydrogen) atoms.